The van der Waals surface area contributed by atoms with Gasteiger partial charge in [0.1, 0.15) is 5.82 Å². The molecule has 3 heterocycles. The molecule has 2 aromatic rings. The zero-order valence-corrected chi connectivity index (χ0v) is 18.6. The van der Waals surface area contributed by atoms with Crippen LogP contribution in [0.3, 0.4) is 0 Å². The summed E-state index contributed by atoms with van der Waals surface area (Å²) in [6.07, 6.45) is 6.10. The van der Waals surface area contributed by atoms with Crippen LogP contribution in [0.2, 0.25) is 0 Å². The van der Waals surface area contributed by atoms with Crippen LogP contribution >= 0.6 is 11.3 Å². The summed E-state index contributed by atoms with van der Waals surface area (Å²) in [5.41, 5.74) is -0.416. The van der Waals surface area contributed by atoms with E-state index in [4.69, 9.17) is 0 Å². The lowest BCUT2D eigenvalue weighted by Crippen LogP contribution is -2.46. The third kappa shape index (κ3) is 3.64. The van der Waals surface area contributed by atoms with Gasteiger partial charge in [-0.25, -0.2) is 13.4 Å². The Balaban J connectivity index is 1.52. The van der Waals surface area contributed by atoms with Crippen LogP contribution in [0.5, 0.6) is 0 Å². The molecule has 29 heavy (non-hydrogen) atoms. The van der Waals surface area contributed by atoms with Gasteiger partial charge in [0.2, 0.25) is 5.91 Å². The van der Waals surface area contributed by atoms with Crippen molar-refractivity contribution in [2.24, 2.45) is 7.05 Å². The highest BCUT2D eigenvalue weighted by Crippen LogP contribution is 2.44. The Bertz CT molecular complexity index is 956. The van der Waals surface area contributed by atoms with Gasteiger partial charge in [-0.1, -0.05) is 18.9 Å². The zero-order valence-electron chi connectivity index (χ0n) is 17.0. The molecule has 4 rings (SSSR count). The van der Waals surface area contributed by atoms with E-state index in [0.29, 0.717) is 38.4 Å². The van der Waals surface area contributed by atoms with E-state index in [1.807, 2.05) is 16.3 Å². The smallest absolute Gasteiger partial charge is 0.262 e. The topological polar surface area (TPSA) is 75.5 Å². The van der Waals surface area contributed by atoms with Crippen LogP contribution in [-0.2, 0) is 27.3 Å². The molecule has 0 N–H and O–H groups in total. The Hall–Kier alpha value is -1.71. The standard InChI is InChI=1S/C20H28N4O3S2/c1-16-21-18(15-22(16)2)29(26,27)24-11-6-10-23(12-13-24)19(25)20(8-3-4-9-20)17-7-5-14-28-17/h5,7,14-15H,3-4,6,8-13H2,1-2H3. The van der Waals surface area contributed by atoms with Gasteiger partial charge in [0.25, 0.3) is 10.0 Å². The van der Waals surface area contributed by atoms with Gasteiger partial charge in [-0.3, -0.25) is 4.79 Å². The number of thiophene rings is 1. The Labute approximate surface area is 176 Å². The first kappa shape index (κ1) is 20.6. The third-order valence-electron chi connectivity index (χ3n) is 6.29. The van der Waals surface area contributed by atoms with Crippen molar-refractivity contribution >= 4 is 27.3 Å². The minimum Gasteiger partial charge on any atom is -0.341 e. The maximum Gasteiger partial charge on any atom is 0.262 e. The summed E-state index contributed by atoms with van der Waals surface area (Å²) < 4.78 is 29.3. The molecule has 0 atom stereocenters. The molecule has 2 fully saturated rings. The number of hydrogen-bond acceptors (Lipinski definition) is 5. The average Bonchev–Trinajstić information content (AvgIpc) is 3.41. The molecule has 1 saturated heterocycles. The van der Waals surface area contributed by atoms with Crippen molar-refractivity contribution in [1.82, 2.24) is 18.8 Å². The third-order valence-corrected chi connectivity index (χ3v) is 9.14. The Morgan fingerprint density at radius 3 is 2.52 bits per heavy atom. The summed E-state index contributed by atoms with van der Waals surface area (Å²) in [5, 5.41) is 2.12. The zero-order chi connectivity index (χ0) is 20.6. The maximum atomic E-state index is 13.6. The molecule has 1 saturated carbocycles. The normalized spacial score (nSPS) is 20.7. The van der Waals surface area contributed by atoms with Gasteiger partial charge in [-0.2, -0.15) is 4.31 Å². The lowest BCUT2D eigenvalue weighted by molar-refractivity contribution is -0.137. The number of nitrogens with zero attached hydrogens (tertiary/aromatic N) is 4. The van der Waals surface area contributed by atoms with Gasteiger partial charge >= 0.3 is 0 Å². The molecule has 1 aliphatic heterocycles. The molecule has 158 valence electrons. The first-order chi connectivity index (χ1) is 13.8. The van der Waals surface area contributed by atoms with Crippen molar-refractivity contribution in [3.8, 4) is 0 Å². The maximum absolute atomic E-state index is 13.6. The first-order valence-electron chi connectivity index (χ1n) is 10.2. The molecular weight excluding hydrogens is 408 g/mol. The van der Waals surface area contributed by atoms with Crippen molar-refractivity contribution in [2.75, 3.05) is 26.2 Å². The van der Waals surface area contributed by atoms with Crippen LogP contribution in [0.15, 0.2) is 28.7 Å². The van der Waals surface area contributed by atoms with E-state index in [2.05, 4.69) is 11.1 Å². The summed E-state index contributed by atoms with van der Waals surface area (Å²) in [5.74, 6) is 0.833. The lowest BCUT2D eigenvalue weighted by atomic mass is 9.82. The highest BCUT2D eigenvalue weighted by Gasteiger charge is 2.46. The van der Waals surface area contributed by atoms with Crippen LogP contribution in [0.1, 0.15) is 42.8 Å². The predicted octanol–water partition coefficient (Wildman–Crippen LogP) is 2.53. The number of aromatic nitrogens is 2. The second kappa shape index (κ2) is 7.85. The van der Waals surface area contributed by atoms with Crippen LogP contribution in [0, 0.1) is 6.92 Å². The molecule has 0 aromatic carbocycles. The molecule has 1 amide bonds. The van der Waals surface area contributed by atoms with Gasteiger partial charge in [-0.05, 0) is 37.6 Å². The van der Waals surface area contributed by atoms with Gasteiger partial charge in [0.15, 0.2) is 5.03 Å². The van der Waals surface area contributed by atoms with Crippen molar-refractivity contribution in [2.45, 2.75) is 49.5 Å². The van der Waals surface area contributed by atoms with E-state index in [-0.39, 0.29) is 10.9 Å². The number of imidazole rings is 1. The SMILES string of the molecule is Cc1nc(S(=O)(=O)N2CCCN(C(=O)C3(c4cccs4)CCCC3)CC2)cn1C. The van der Waals surface area contributed by atoms with Gasteiger partial charge in [-0.15, -0.1) is 11.3 Å². The number of sulfonamides is 1. The minimum absolute atomic E-state index is 0.0862. The van der Waals surface area contributed by atoms with Crippen molar-refractivity contribution < 1.29 is 13.2 Å². The molecule has 0 spiro atoms. The number of rotatable bonds is 4. The highest BCUT2D eigenvalue weighted by molar-refractivity contribution is 7.89. The fourth-order valence-electron chi connectivity index (χ4n) is 4.52. The summed E-state index contributed by atoms with van der Waals surface area (Å²) >= 11 is 1.66. The van der Waals surface area contributed by atoms with E-state index in [0.717, 1.165) is 30.6 Å². The Kier molecular flexibility index (Phi) is 5.56. The lowest BCUT2D eigenvalue weighted by Gasteiger charge is -2.33. The monoisotopic (exact) mass is 436 g/mol. The van der Waals surface area contributed by atoms with E-state index in [1.54, 1.807) is 36.1 Å². The molecule has 7 nitrogen and oxygen atoms in total. The molecule has 2 aliphatic rings. The molecule has 1 aliphatic carbocycles. The van der Waals surface area contributed by atoms with Gasteiger partial charge in [0, 0.05) is 44.3 Å². The number of amides is 1. The highest BCUT2D eigenvalue weighted by atomic mass is 32.2. The number of hydrogen-bond donors (Lipinski definition) is 0. The minimum atomic E-state index is -3.65. The van der Waals surface area contributed by atoms with Crippen LogP contribution in [-0.4, -0.2) is 59.3 Å². The Morgan fingerprint density at radius 2 is 1.90 bits per heavy atom. The predicted molar refractivity (Wildman–Crippen MR) is 112 cm³/mol. The fraction of sp³-hybridized carbons (Fsp3) is 0.600. The molecule has 0 unspecified atom stereocenters. The number of aryl methyl sites for hydroxylation is 2. The van der Waals surface area contributed by atoms with E-state index in [9.17, 15) is 13.2 Å². The second-order valence-electron chi connectivity index (χ2n) is 8.05. The molecule has 9 heteroatoms. The molecule has 2 aromatic heterocycles. The summed E-state index contributed by atoms with van der Waals surface area (Å²) in [7, 11) is -1.86. The number of carbonyl (C=O) groups is 1. The first-order valence-corrected chi connectivity index (χ1v) is 12.5. The second-order valence-corrected chi connectivity index (χ2v) is 10.9. The Morgan fingerprint density at radius 1 is 1.14 bits per heavy atom. The van der Waals surface area contributed by atoms with Crippen LogP contribution < -0.4 is 0 Å². The average molecular weight is 437 g/mol. The van der Waals surface area contributed by atoms with Crippen molar-refractivity contribution in [3.05, 3.63) is 34.4 Å². The van der Waals surface area contributed by atoms with E-state index in [1.165, 1.54) is 4.31 Å². The molecular formula is C20H28N4O3S2. The number of carbonyl (C=O) groups excluding carboxylic acids is 1. The van der Waals surface area contributed by atoms with Gasteiger partial charge in [0.05, 0.1) is 5.41 Å². The summed E-state index contributed by atoms with van der Waals surface area (Å²) in [6, 6.07) is 4.09. The van der Waals surface area contributed by atoms with Gasteiger partial charge < -0.3 is 9.47 Å². The van der Waals surface area contributed by atoms with Crippen molar-refractivity contribution in [3.63, 3.8) is 0 Å². The van der Waals surface area contributed by atoms with E-state index >= 15 is 0 Å². The van der Waals surface area contributed by atoms with Crippen LogP contribution in [0.25, 0.3) is 0 Å². The van der Waals surface area contributed by atoms with Crippen molar-refractivity contribution in [1.29, 1.82) is 0 Å². The quantitative estimate of drug-likeness (QED) is 0.738. The van der Waals surface area contributed by atoms with Crippen LogP contribution in [0.4, 0.5) is 0 Å². The summed E-state index contributed by atoms with van der Waals surface area (Å²) in [4.78, 5) is 20.8. The molecule has 0 radical (unpaired) electrons. The largest absolute Gasteiger partial charge is 0.341 e. The fourth-order valence-corrected chi connectivity index (χ4v) is 6.99. The molecule has 0 bridgehead atoms. The van der Waals surface area contributed by atoms with E-state index < -0.39 is 15.4 Å². The summed E-state index contributed by atoms with van der Waals surface area (Å²) in [6.45, 7) is 3.53.